The summed E-state index contributed by atoms with van der Waals surface area (Å²) in [5.41, 5.74) is 0. The Morgan fingerprint density at radius 2 is 1.53 bits per heavy atom. The first kappa shape index (κ1) is 17.6. The molecule has 1 fully saturated rings. The van der Waals surface area contributed by atoms with Crippen LogP contribution in [0.1, 0.15) is 46.0 Å². The second kappa shape index (κ2) is 10.5. The van der Waals surface area contributed by atoms with Crippen LogP contribution < -0.4 is 0 Å². The second-order valence-electron chi connectivity index (χ2n) is 4.28. The first-order chi connectivity index (χ1) is 8.99. The molecule has 0 aromatic heterocycles. The number of likely N-dealkylation sites (tertiary alicyclic amines) is 1. The molecule has 0 aromatic rings. The van der Waals surface area contributed by atoms with E-state index in [4.69, 9.17) is 5.11 Å². The van der Waals surface area contributed by atoms with Crippen LogP contribution in [0.3, 0.4) is 0 Å². The zero-order valence-corrected chi connectivity index (χ0v) is 11.7. The third-order valence-corrected chi connectivity index (χ3v) is 2.62. The fourth-order valence-electron chi connectivity index (χ4n) is 1.53. The monoisotopic (exact) mass is 273 g/mol. The van der Waals surface area contributed by atoms with E-state index in [9.17, 15) is 14.4 Å². The van der Waals surface area contributed by atoms with Crippen LogP contribution in [-0.2, 0) is 19.1 Å². The van der Waals surface area contributed by atoms with Crippen molar-refractivity contribution < 1.29 is 24.2 Å². The van der Waals surface area contributed by atoms with E-state index in [1.807, 2.05) is 4.90 Å². The van der Waals surface area contributed by atoms with Gasteiger partial charge in [-0.3, -0.25) is 19.3 Å². The molecule has 1 aliphatic rings. The van der Waals surface area contributed by atoms with E-state index in [0.717, 1.165) is 25.9 Å². The number of ether oxygens (including phenoxy) is 1. The lowest BCUT2D eigenvalue weighted by Gasteiger charge is -2.24. The maximum Gasteiger partial charge on any atom is 0.327 e. The summed E-state index contributed by atoms with van der Waals surface area (Å²) in [6, 6.07) is 0. The van der Waals surface area contributed by atoms with Gasteiger partial charge in [-0.2, -0.15) is 0 Å². The first-order valence-electron chi connectivity index (χ1n) is 6.67. The minimum absolute atomic E-state index is 0.222. The summed E-state index contributed by atoms with van der Waals surface area (Å²) in [6.07, 6.45) is 3.98. The Labute approximate surface area is 113 Å². The van der Waals surface area contributed by atoms with E-state index in [1.165, 1.54) is 6.42 Å². The van der Waals surface area contributed by atoms with Crippen molar-refractivity contribution >= 4 is 17.9 Å². The van der Waals surface area contributed by atoms with Gasteiger partial charge in [0.2, 0.25) is 0 Å². The largest absolute Gasteiger partial charge is 0.481 e. The van der Waals surface area contributed by atoms with Gasteiger partial charge >= 0.3 is 17.9 Å². The Kier molecular flexibility index (Phi) is 9.70. The van der Waals surface area contributed by atoms with Crippen molar-refractivity contribution in [2.75, 3.05) is 19.6 Å². The van der Waals surface area contributed by atoms with Gasteiger partial charge in [-0.25, -0.2) is 0 Å². The molecular weight excluding hydrogens is 250 g/mol. The Balaban J connectivity index is 0.000000555. The average molecular weight is 273 g/mol. The average Bonchev–Trinajstić information content (AvgIpc) is 2.40. The number of piperidine rings is 1. The van der Waals surface area contributed by atoms with Gasteiger partial charge in [-0.15, -0.1) is 0 Å². The second-order valence-corrected chi connectivity index (χ2v) is 4.28. The molecule has 0 atom stereocenters. The molecule has 1 heterocycles. The molecular formula is C13H23NO5. The zero-order valence-electron chi connectivity index (χ0n) is 11.7. The molecule has 0 bridgehead atoms. The number of carbonyl (C=O) groups is 3. The summed E-state index contributed by atoms with van der Waals surface area (Å²) in [6.45, 7) is 5.41. The molecule has 1 saturated heterocycles. The lowest BCUT2D eigenvalue weighted by molar-refractivity contribution is -0.160. The molecule has 0 amide bonds. The molecule has 1 aliphatic heterocycles. The number of carboxylic acids is 1. The van der Waals surface area contributed by atoms with Gasteiger partial charge in [-0.1, -0.05) is 20.3 Å². The van der Waals surface area contributed by atoms with Gasteiger partial charge < -0.3 is 9.84 Å². The topological polar surface area (TPSA) is 83.9 Å². The van der Waals surface area contributed by atoms with Crippen LogP contribution in [0.5, 0.6) is 0 Å². The van der Waals surface area contributed by atoms with Crippen LogP contribution in [0.4, 0.5) is 0 Å². The third kappa shape index (κ3) is 10.2. The third-order valence-electron chi connectivity index (χ3n) is 2.62. The summed E-state index contributed by atoms with van der Waals surface area (Å²) in [5, 5.41) is 7.72. The number of hydrogen-bond acceptors (Lipinski definition) is 5. The molecule has 110 valence electrons. The van der Waals surface area contributed by atoms with Gasteiger partial charge in [0.1, 0.15) is 0 Å². The van der Waals surface area contributed by atoms with E-state index in [2.05, 4.69) is 4.74 Å². The molecule has 0 unspecified atom stereocenters. The smallest absolute Gasteiger partial charge is 0.327 e. The van der Waals surface area contributed by atoms with Crippen LogP contribution in [0.15, 0.2) is 0 Å². The molecule has 0 aliphatic carbocycles. The highest BCUT2D eigenvalue weighted by Crippen LogP contribution is 2.08. The number of hydrogen-bond donors (Lipinski definition) is 1. The number of nitrogens with zero attached hydrogens (tertiary/aromatic N) is 1. The van der Waals surface area contributed by atoms with Crippen LogP contribution in [-0.4, -0.2) is 47.5 Å². The van der Waals surface area contributed by atoms with E-state index in [-0.39, 0.29) is 19.4 Å². The number of esters is 2. The summed E-state index contributed by atoms with van der Waals surface area (Å²) in [5.74, 6) is -1.60. The fourth-order valence-corrected chi connectivity index (χ4v) is 1.53. The van der Waals surface area contributed by atoms with Crippen molar-refractivity contribution in [2.24, 2.45) is 0 Å². The molecule has 19 heavy (non-hydrogen) atoms. The van der Waals surface area contributed by atoms with Crippen LogP contribution in [0.25, 0.3) is 0 Å². The summed E-state index contributed by atoms with van der Waals surface area (Å²) < 4.78 is 4.58. The molecule has 0 radical (unpaired) electrons. The zero-order chi connectivity index (χ0) is 14.7. The van der Waals surface area contributed by atoms with Gasteiger partial charge in [-0.05, 0) is 25.9 Å². The van der Waals surface area contributed by atoms with E-state index >= 15 is 0 Å². The number of carbonyl (C=O) groups excluding carboxylic acids is 2. The molecule has 6 heteroatoms. The van der Waals surface area contributed by atoms with Gasteiger partial charge in [0.15, 0.2) is 0 Å². The Morgan fingerprint density at radius 1 is 1.00 bits per heavy atom. The predicted octanol–water partition coefficient (Wildman–Crippen LogP) is 1.43. The minimum atomic E-state index is -0.745. The lowest BCUT2D eigenvalue weighted by atomic mass is 10.1. The molecule has 0 spiro atoms. The summed E-state index contributed by atoms with van der Waals surface area (Å²) in [7, 11) is 0. The minimum Gasteiger partial charge on any atom is -0.481 e. The molecule has 6 nitrogen and oxygen atoms in total. The summed E-state index contributed by atoms with van der Waals surface area (Å²) >= 11 is 0. The van der Waals surface area contributed by atoms with Crippen LogP contribution >= 0.6 is 0 Å². The SMILES string of the molecule is CCC(=O)O.CCC(=O)OC(=O)CN1CCCCC1. The number of carboxylic acid groups (broad SMARTS) is 1. The quantitative estimate of drug-likeness (QED) is 0.616. The molecule has 0 saturated carbocycles. The fraction of sp³-hybridized carbons (Fsp3) is 0.769. The highest BCUT2D eigenvalue weighted by molar-refractivity contribution is 5.86. The van der Waals surface area contributed by atoms with Gasteiger partial charge in [0.25, 0.3) is 0 Å². The van der Waals surface area contributed by atoms with Crippen LogP contribution in [0, 0.1) is 0 Å². The Bertz CT molecular complexity index is 297. The van der Waals surface area contributed by atoms with E-state index < -0.39 is 17.9 Å². The van der Waals surface area contributed by atoms with Crippen LogP contribution in [0.2, 0.25) is 0 Å². The van der Waals surface area contributed by atoms with Gasteiger partial charge in [0.05, 0.1) is 6.54 Å². The lowest BCUT2D eigenvalue weighted by Crippen LogP contribution is -2.35. The van der Waals surface area contributed by atoms with Crippen molar-refractivity contribution in [1.82, 2.24) is 4.90 Å². The van der Waals surface area contributed by atoms with Crippen molar-refractivity contribution in [2.45, 2.75) is 46.0 Å². The van der Waals surface area contributed by atoms with E-state index in [1.54, 1.807) is 13.8 Å². The first-order valence-corrected chi connectivity index (χ1v) is 6.67. The van der Waals surface area contributed by atoms with Crippen molar-refractivity contribution in [3.05, 3.63) is 0 Å². The highest BCUT2D eigenvalue weighted by Gasteiger charge is 2.16. The molecule has 1 N–H and O–H groups in total. The molecule has 1 rings (SSSR count). The maximum absolute atomic E-state index is 11.2. The van der Waals surface area contributed by atoms with Crippen molar-refractivity contribution in [1.29, 1.82) is 0 Å². The Hall–Kier alpha value is -1.43. The van der Waals surface area contributed by atoms with Gasteiger partial charge in [0, 0.05) is 12.8 Å². The van der Waals surface area contributed by atoms with Crippen molar-refractivity contribution in [3.8, 4) is 0 Å². The summed E-state index contributed by atoms with van der Waals surface area (Å²) in [4.78, 5) is 33.4. The highest BCUT2D eigenvalue weighted by atomic mass is 16.6. The standard InChI is InChI=1S/C10H17NO3.C3H6O2/c1-2-9(12)14-10(13)8-11-6-4-3-5-7-11;1-2-3(4)5/h2-8H2,1H3;2H2,1H3,(H,4,5). The Morgan fingerprint density at radius 3 is 1.95 bits per heavy atom. The number of aliphatic carboxylic acids is 1. The number of rotatable bonds is 4. The van der Waals surface area contributed by atoms with E-state index in [0.29, 0.717) is 0 Å². The predicted molar refractivity (Wildman–Crippen MR) is 69.6 cm³/mol. The van der Waals surface area contributed by atoms with Crippen molar-refractivity contribution in [3.63, 3.8) is 0 Å². The normalized spacial score (nSPS) is 15.1. The molecule has 0 aromatic carbocycles. The maximum atomic E-state index is 11.2.